The second kappa shape index (κ2) is 3.84. The largest absolute Gasteiger partial charge is 0.497 e. The molecule has 0 N–H and O–H groups in total. The van der Waals surface area contributed by atoms with Crippen LogP contribution in [0.2, 0.25) is 0 Å². The van der Waals surface area contributed by atoms with Crippen LogP contribution in [0.5, 0.6) is 0 Å². The molecule has 0 amide bonds. The monoisotopic (exact) mass is 206 g/mol. The van der Waals surface area contributed by atoms with Crippen LogP contribution in [-0.2, 0) is 9.53 Å². The number of ether oxygens (including phenoxy) is 1. The maximum absolute atomic E-state index is 11.5. The lowest BCUT2D eigenvalue weighted by Crippen LogP contribution is -2.32. The highest BCUT2D eigenvalue weighted by molar-refractivity contribution is 5.94. The molecule has 2 heteroatoms. The Bertz CT molecular complexity index is 338. The molecule has 0 fully saturated rings. The summed E-state index contributed by atoms with van der Waals surface area (Å²) in [5.41, 5.74) is 2.33. The Morgan fingerprint density at radius 1 is 1.60 bits per heavy atom. The molecule has 15 heavy (non-hydrogen) atoms. The third-order valence-corrected chi connectivity index (χ3v) is 3.63. The fourth-order valence-electron chi connectivity index (χ4n) is 2.85. The molecule has 1 heterocycles. The first-order chi connectivity index (χ1) is 7.15. The van der Waals surface area contributed by atoms with Crippen molar-refractivity contribution in [1.82, 2.24) is 0 Å². The highest BCUT2D eigenvalue weighted by Crippen LogP contribution is 2.43. The maximum Gasteiger partial charge on any atom is 0.159 e. The molecule has 2 nitrogen and oxygen atoms in total. The molecule has 3 atom stereocenters. The smallest absolute Gasteiger partial charge is 0.159 e. The van der Waals surface area contributed by atoms with Crippen LogP contribution in [0, 0.1) is 11.8 Å². The van der Waals surface area contributed by atoms with E-state index in [1.54, 1.807) is 13.2 Å². The van der Waals surface area contributed by atoms with Gasteiger partial charge in [0.15, 0.2) is 5.78 Å². The van der Waals surface area contributed by atoms with E-state index in [9.17, 15) is 4.79 Å². The van der Waals surface area contributed by atoms with Crippen LogP contribution in [0.1, 0.15) is 33.6 Å². The van der Waals surface area contributed by atoms with Crippen molar-refractivity contribution in [2.75, 3.05) is 0 Å². The van der Waals surface area contributed by atoms with Crippen LogP contribution in [0.3, 0.4) is 0 Å². The van der Waals surface area contributed by atoms with Crippen molar-refractivity contribution in [3.63, 3.8) is 0 Å². The third kappa shape index (κ3) is 1.62. The lowest BCUT2D eigenvalue weighted by molar-refractivity contribution is -0.115. The van der Waals surface area contributed by atoms with Crippen molar-refractivity contribution in [2.24, 2.45) is 11.8 Å². The van der Waals surface area contributed by atoms with Gasteiger partial charge in [-0.25, -0.2) is 0 Å². The highest BCUT2D eigenvalue weighted by atomic mass is 16.5. The molecule has 2 aliphatic rings. The van der Waals surface area contributed by atoms with Crippen LogP contribution >= 0.6 is 0 Å². The summed E-state index contributed by atoms with van der Waals surface area (Å²) in [7, 11) is 0. The van der Waals surface area contributed by atoms with Crippen LogP contribution in [0.15, 0.2) is 23.5 Å². The Morgan fingerprint density at radius 2 is 2.33 bits per heavy atom. The molecule has 0 saturated carbocycles. The van der Waals surface area contributed by atoms with E-state index >= 15 is 0 Å². The first kappa shape index (κ1) is 10.5. The van der Waals surface area contributed by atoms with E-state index in [-0.39, 0.29) is 11.9 Å². The van der Waals surface area contributed by atoms with Crippen molar-refractivity contribution >= 4 is 5.78 Å². The third-order valence-electron chi connectivity index (χ3n) is 3.63. The Morgan fingerprint density at radius 3 is 2.93 bits per heavy atom. The predicted molar refractivity (Wildman–Crippen MR) is 59.3 cm³/mol. The van der Waals surface area contributed by atoms with Crippen LogP contribution in [0.25, 0.3) is 0 Å². The predicted octanol–water partition coefficient (Wildman–Crippen LogP) is 2.85. The van der Waals surface area contributed by atoms with Crippen molar-refractivity contribution < 1.29 is 9.53 Å². The van der Waals surface area contributed by atoms with Gasteiger partial charge in [0.2, 0.25) is 0 Å². The van der Waals surface area contributed by atoms with Gasteiger partial charge in [-0.1, -0.05) is 18.6 Å². The number of hydrogen-bond donors (Lipinski definition) is 0. The fourth-order valence-corrected chi connectivity index (χ4v) is 2.85. The Balaban J connectivity index is 2.29. The van der Waals surface area contributed by atoms with Gasteiger partial charge in [-0.15, -0.1) is 0 Å². The summed E-state index contributed by atoms with van der Waals surface area (Å²) >= 11 is 0. The first-order valence-electron chi connectivity index (χ1n) is 5.70. The topological polar surface area (TPSA) is 26.3 Å². The van der Waals surface area contributed by atoms with E-state index in [1.807, 2.05) is 0 Å². The number of ketones is 1. The number of rotatable bonds is 2. The van der Waals surface area contributed by atoms with Crippen molar-refractivity contribution in [3.8, 4) is 0 Å². The van der Waals surface area contributed by atoms with Crippen LogP contribution in [-0.4, -0.2) is 11.9 Å². The molecular weight excluding hydrogens is 188 g/mol. The number of hydrogen-bond acceptors (Lipinski definition) is 2. The van der Waals surface area contributed by atoms with E-state index in [2.05, 4.69) is 19.9 Å². The molecule has 0 aromatic heterocycles. The second-order valence-electron chi connectivity index (χ2n) is 4.47. The number of carbonyl (C=O) groups excluding carboxylic acids is 1. The minimum atomic E-state index is 0.155. The maximum atomic E-state index is 11.5. The molecule has 0 saturated heterocycles. The average molecular weight is 206 g/mol. The van der Waals surface area contributed by atoms with Gasteiger partial charge in [-0.2, -0.15) is 0 Å². The molecule has 1 aliphatic heterocycles. The Kier molecular flexibility index (Phi) is 2.68. The summed E-state index contributed by atoms with van der Waals surface area (Å²) in [5, 5.41) is 0. The summed E-state index contributed by atoms with van der Waals surface area (Å²) < 4.78 is 5.57. The van der Waals surface area contributed by atoms with Crippen LogP contribution < -0.4 is 0 Å². The Labute approximate surface area is 91.0 Å². The van der Waals surface area contributed by atoms with E-state index < -0.39 is 0 Å². The van der Waals surface area contributed by atoms with Crippen molar-refractivity contribution in [1.29, 1.82) is 0 Å². The van der Waals surface area contributed by atoms with Crippen LogP contribution in [0.4, 0.5) is 0 Å². The van der Waals surface area contributed by atoms with E-state index in [1.165, 1.54) is 5.57 Å². The van der Waals surface area contributed by atoms with Gasteiger partial charge in [0.1, 0.15) is 6.10 Å². The summed E-state index contributed by atoms with van der Waals surface area (Å²) in [6.07, 6.45) is 6.26. The summed E-state index contributed by atoms with van der Waals surface area (Å²) in [4.78, 5) is 11.5. The number of Topliss-reactive ketones (excluding diaryl/α,β-unsaturated/α-hetero) is 1. The molecule has 1 aliphatic carbocycles. The van der Waals surface area contributed by atoms with Gasteiger partial charge in [-0.3, -0.25) is 4.79 Å². The second-order valence-corrected chi connectivity index (χ2v) is 4.47. The molecule has 0 aromatic rings. The zero-order valence-corrected chi connectivity index (χ0v) is 9.62. The summed E-state index contributed by atoms with van der Waals surface area (Å²) in [5.74, 6) is 0.961. The minimum absolute atomic E-state index is 0.155. The highest BCUT2D eigenvalue weighted by Gasteiger charge is 2.40. The number of fused-ring (bicyclic) bond motifs is 1. The standard InChI is InChI=1S/C13H18O2/c1-4-10-5-6-11-12(8(2)14)7-15-9(3)13(10)11/h5,7,9,11,13H,4,6H2,1-3H3/t9-,11+,13+/m0/s1. The molecule has 0 aromatic carbocycles. The zero-order chi connectivity index (χ0) is 11.0. The normalized spacial score (nSPS) is 33.9. The molecule has 0 spiro atoms. The van der Waals surface area contributed by atoms with Gasteiger partial charge in [0.05, 0.1) is 6.26 Å². The van der Waals surface area contributed by atoms with Gasteiger partial charge < -0.3 is 4.74 Å². The van der Waals surface area contributed by atoms with Gasteiger partial charge >= 0.3 is 0 Å². The van der Waals surface area contributed by atoms with Crippen molar-refractivity contribution in [2.45, 2.75) is 39.7 Å². The summed E-state index contributed by atoms with van der Waals surface area (Å²) in [6.45, 7) is 5.90. The van der Waals surface area contributed by atoms with Gasteiger partial charge in [0.25, 0.3) is 0 Å². The molecule has 2 rings (SSSR count). The van der Waals surface area contributed by atoms with Gasteiger partial charge in [-0.05, 0) is 26.7 Å². The van der Waals surface area contributed by atoms with E-state index in [0.29, 0.717) is 11.8 Å². The number of allylic oxidation sites excluding steroid dienone is 2. The lowest BCUT2D eigenvalue weighted by atomic mass is 9.79. The molecule has 0 bridgehead atoms. The zero-order valence-electron chi connectivity index (χ0n) is 9.62. The molecule has 0 radical (unpaired) electrons. The molecule has 0 unspecified atom stereocenters. The Hall–Kier alpha value is -1.05. The number of carbonyl (C=O) groups is 1. The van der Waals surface area contributed by atoms with Gasteiger partial charge in [0, 0.05) is 17.4 Å². The van der Waals surface area contributed by atoms with Crippen molar-refractivity contribution in [3.05, 3.63) is 23.5 Å². The van der Waals surface area contributed by atoms with E-state index in [4.69, 9.17) is 4.74 Å². The fraction of sp³-hybridized carbons (Fsp3) is 0.615. The first-order valence-corrected chi connectivity index (χ1v) is 5.70. The molecule has 82 valence electrons. The minimum Gasteiger partial charge on any atom is -0.497 e. The quantitative estimate of drug-likeness (QED) is 0.649. The molecular formula is C13H18O2. The SMILES string of the molecule is CCC1=CC[C@@H]2C(C(C)=O)=CO[C@@H](C)[C@H]12. The average Bonchev–Trinajstić information content (AvgIpc) is 2.62. The summed E-state index contributed by atoms with van der Waals surface area (Å²) in [6, 6.07) is 0. The lowest BCUT2D eigenvalue weighted by Gasteiger charge is -2.33. The van der Waals surface area contributed by atoms with E-state index in [0.717, 1.165) is 18.4 Å².